The zero-order valence-electron chi connectivity index (χ0n) is 7.67. The van der Waals surface area contributed by atoms with E-state index in [0.717, 1.165) is 27.8 Å². The number of aryl methyl sites for hydroxylation is 1. The third-order valence-corrected chi connectivity index (χ3v) is 3.90. The van der Waals surface area contributed by atoms with Crippen LogP contribution in [0.3, 0.4) is 0 Å². The first-order chi connectivity index (χ1) is 6.11. The fraction of sp³-hybridized carbons (Fsp3) is 0.556. The first kappa shape index (κ1) is 9.18. The van der Waals surface area contributed by atoms with Gasteiger partial charge in [-0.15, -0.1) is 0 Å². The quantitative estimate of drug-likeness (QED) is 0.743. The maximum Gasteiger partial charge on any atom is 0.250 e. The Morgan fingerprint density at radius 2 is 2.15 bits per heavy atom. The largest absolute Gasteiger partial charge is 0.272 e. The minimum Gasteiger partial charge on any atom is -0.272 e. The standard InChI is InChI=1S/C9H11IN2O/c1-5-8(10)6(2)12(11-5)9(13)7-3-4-7/h7H,3-4H2,1-2H3. The molecule has 0 amide bonds. The van der Waals surface area contributed by atoms with Gasteiger partial charge in [0.25, 0.3) is 0 Å². The molecule has 70 valence electrons. The number of hydrogen-bond acceptors (Lipinski definition) is 2. The molecule has 1 aliphatic carbocycles. The van der Waals surface area contributed by atoms with Crippen molar-refractivity contribution in [3.05, 3.63) is 15.0 Å². The molecular weight excluding hydrogens is 279 g/mol. The van der Waals surface area contributed by atoms with Crippen LogP contribution in [0.25, 0.3) is 0 Å². The predicted octanol–water partition coefficient (Wildman–Crippen LogP) is 2.15. The van der Waals surface area contributed by atoms with E-state index in [-0.39, 0.29) is 11.8 Å². The second kappa shape index (κ2) is 3.08. The topological polar surface area (TPSA) is 34.9 Å². The van der Waals surface area contributed by atoms with Gasteiger partial charge in [-0.25, -0.2) is 4.68 Å². The number of carbonyl (C=O) groups is 1. The minimum atomic E-state index is 0.170. The smallest absolute Gasteiger partial charge is 0.250 e. The van der Waals surface area contributed by atoms with Crippen molar-refractivity contribution in [2.45, 2.75) is 26.7 Å². The molecule has 13 heavy (non-hydrogen) atoms. The molecule has 0 aliphatic heterocycles. The van der Waals surface area contributed by atoms with Gasteiger partial charge in [-0.2, -0.15) is 5.10 Å². The Kier molecular flexibility index (Phi) is 2.17. The number of aromatic nitrogens is 2. The van der Waals surface area contributed by atoms with Crippen molar-refractivity contribution in [2.75, 3.05) is 0 Å². The number of rotatable bonds is 1. The molecule has 1 aliphatic rings. The van der Waals surface area contributed by atoms with Crippen molar-refractivity contribution < 1.29 is 4.79 Å². The van der Waals surface area contributed by atoms with E-state index in [2.05, 4.69) is 27.7 Å². The van der Waals surface area contributed by atoms with Crippen LogP contribution < -0.4 is 0 Å². The predicted molar refractivity (Wildman–Crippen MR) is 57.8 cm³/mol. The van der Waals surface area contributed by atoms with Crippen LogP contribution in [0, 0.1) is 23.3 Å². The highest BCUT2D eigenvalue weighted by molar-refractivity contribution is 14.1. The Morgan fingerprint density at radius 3 is 2.54 bits per heavy atom. The van der Waals surface area contributed by atoms with Gasteiger partial charge in [-0.05, 0) is 49.3 Å². The number of carbonyl (C=O) groups excluding carboxylic acids is 1. The lowest BCUT2D eigenvalue weighted by Crippen LogP contribution is -2.15. The SMILES string of the molecule is Cc1nn(C(=O)C2CC2)c(C)c1I. The maximum atomic E-state index is 11.7. The summed E-state index contributed by atoms with van der Waals surface area (Å²) in [7, 11) is 0. The molecule has 0 radical (unpaired) electrons. The molecule has 1 fully saturated rings. The van der Waals surface area contributed by atoms with E-state index in [1.54, 1.807) is 4.68 Å². The van der Waals surface area contributed by atoms with Crippen molar-refractivity contribution in [3.63, 3.8) is 0 Å². The van der Waals surface area contributed by atoms with Crippen LogP contribution in [0.2, 0.25) is 0 Å². The Bertz CT molecular complexity index is 366. The molecule has 0 bridgehead atoms. The van der Waals surface area contributed by atoms with Crippen LogP contribution in [0.5, 0.6) is 0 Å². The van der Waals surface area contributed by atoms with Gasteiger partial charge in [-0.3, -0.25) is 4.79 Å². The molecule has 0 atom stereocenters. The number of nitrogens with zero attached hydrogens (tertiary/aromatic N) is 2. The molecule has 3 nitrogen and oxygen atoms in total. The molecule has 1 aromatic heterocycles. The molecule has 1 saturated carbocycles. The summed E-state index contributed by atoms with van der Waals surface area (Å²) in [5.41, 5.74) is 1.93. The van der Waals surface area contributed by atoms with Crippen molar-refractivity contribution in [3.8, 4) is 0 Å². The van der Waals surface area contributed by atoms with Crippen molar-refractivity contribution in [2.24, 2.45) is 5.92 Å². The lowest BCUT2D eigenvalue weighted by molar-refractivity contribution is 0.0867. The number of hydrogen-bond donors (Lipinski definition) is 0. The molecule has 0 aromatic carbocycles. The van der Waals surface area contributed by atoms with E-state index in [4.69, 9.17) is 0 Å². The number of halogens is 1. The van der Waals surface area contributed by atoms with Crippen molar-refractivity contribution in [1.29, 1.82) is 0 Å². The molecular formula is C9H11IN2O. The zero-order chi connectivity index (χ0) is 9.59. The average molecular weight is 290 g/mol. The fourth-order valence-corrected chi connectivity index (χ4v) is 1.68. The second-order valence-electron chi connectivity index (χ2n) is 3.51. The monoisotopic (exact) mass is 290 g/mol. The van der Waals surface area contributed by atoms with Gasteiger partial charge in [0.05, 0.1) is 15.0 Å². The second-order valence-corrected chi connectivity index (χ2v) is 4.59. The summed E-state index contributed by atoms with van der Waals surface area (Å²) < 4.78 is 2.67. The zero-order valence-corrected chi connectivity index (χ0v) is 9.83. The molecule has 1 heterocycles. The van der Waals surface area contributed by atoms with E-state index in [1.807, 2.05) is 13.8 Å². The molecule has 1 aromatic rings. The molecule has 2 rings (SSSR count). The summed E-state index contributed by atoms with van der Waals surface area (Å²) in [6.07, 6.45) is 2.07. The van der Waals surface area contributed by atoms with Crippen LogP contribution in [-0.2, 0) is 0 Å². The van der Waals surface area contributed by atoms with Gasteiger partial charge in [-0.1, -0.05) is 0 Å². The Hall–Kier alpha value is -0.390. The Labute approximate surface area is 90.6 Å². The van der Waals surface area contributed by atoms with E-state index >= 15 is 0 Å². The first-order valence-corrected chi connectivity index (χ1v) is 5.45. The molecule has 0 saturated heterocycles. The summed E-state index contributed by atoms with van der Waals surface area (Å²) in [6.45, 7) is 3.88. The first-order valence-electron chi connectivity index (χ1n) is 4.37. The average Bonchev–Trinajstić information content (AvgIpc) is 2.89. The van der Waals surface area contributed by atoms with Gasteiger partial charge in [0.15, 0.2) is 0 Å². The van der Waals surface area contributed by atoms with Gasteiger partial charge in [0.1, 0.15) is 0 Å². The van der Waals surface area contributed by atoms with Crippen LogP contribution >= 0.6 is 22.6 Å². The highest BCUT2D eigenvalue weighted by Crippen LogP contribution is 2.31. The van der Waals surface area contributed by atoms with Gasteiger partial charge < -0.3 is 0 Å². The van der Waals surface area contributed by atoms with Crippen LogP contribution in [0.15, 0.2) is 0 Å². The van der Waals surface area contributed by atoms with Crippen molar-refractivity contribution in [1.82, 2.24) is 9.78 Å². The maximum absolute atomic E-state index is 11.7. The fourth-order valence-electron chi connectivity index (χ4n) is 1.34. The third-order valence-electron chi connectivity index (χ3n) is 2.34. The molecule has 4 heteroatoms. The van der Waals surface area contributed by atoms with E-state index in [9.17, 15) is 4.79 Å². The van der Waals surface area contributed by atoms with E-state index < -0.39 is 0 Å². The molecule has 0 unspecified atom stereocenters. The third kappa shape index (κ3) is 1.51. The summed E-state index contributed by atoms with van der Waals surface area (Å²) in [4.78, 5) is 11.7. The highest BCUT2D eigenvalue weighted by atomic mass is 127. The molecule has 0 spiro atoms. The lowest BCUT2D eigenvalue weighted by Gasteiger charge is -1.99. The van der Waals surface area contributed by atoms with Gasteiger partial charge in [0, 0.05) is 5.92 Å². The Balaban J connectivity index is 2.39. The van der Waals surface area contributed by atoms with E-state index in [0.29, 0.717) is 0 Å². The van der Waals surface area contributed by atoms with Crippen LogP contribution in [0.4, 0.5) is 0 Å². The molecule has 0 N–H and O–H groups in total. The summed E-state index contributed by atoms with van der Waals surface area (Å²) in [6, 6.07) is 0. The van der Waals surface area contributed by atoms with Gasteiger partial charge >= 0.3 is 0 Å². The van der Waals surface area contributed by atoms with Gasteiger partial charge in [0.2, 0.25) is 5.91 Å². The van der Waals surface area contributed by atoms with Crippen molar-refractivity contribution >= 4 is 28.5 Å². The summed E-state index contributed by atoms with van der Waals surface area (Å²) >= 11 is 2.23. The van der Waals surface area contributed by atoms with Crippen LogP contribution in [-0.4, -0.2) is 15.7 Å². The Morgan fingerprint density at radius 1 is 1.54 bits per heavy atom. The summed E-state index contributed by atoms with van der Waals surface area (Å²) in [5.74, 6) is 0.414. The normalized spacial score (nSPS) is 16.2. The van der Waals surface area contributed by atoms with Crippen LogP contribution in [0.1, 0.15) is 29.0 Å². The van der Waals surface area contributed by atoms with E-state index in [1.165, 1.54) is 0 Å². The summed E-state index contributed by atoms with van der Waals surface area (Å²) in [5, 5.41) is 4.23. The highest BCUT2D eigenvalue weighted by Gasteiger charge is 2.32. The lowest BCUT2D eigenvalue weighted by atomic mass is 10.3. The minimum absolute atomic E-state index is 0.170.